The Morgan fingerprint density at radius 1 is 1.10 bits per heavy atom. The number of nitrogens with one attached hydrogen (secondary N) is 3. The van der Waals surface area contributed by atoms with E-state index < -0.39 is 0 Å². The smallest absolute Gasteiger partial charge is 0.262 e. The molecule has 0 aliphatic heterocycles. The van der Waals surface area contributed by atoms with Gasteiger partial charge in [0.25, 0.3) is 5.91 Å². The highest BCUT2D eigenvalue weighted by Gasteiger charge is 2.03. The predicted molar refractivity (Wildman–Crippen MR) is 123 cm³/mol. The van der Waals surface area contributed by atoms with Crippen molar-refractivity contribution in [2.45, 2.75) is 26.3 Å². The number of thiocarbonyl (C=S) groups is 1. The molecule has 3 rings (SSSR count). The zero-order valence-corrected chi connectivity index (χ0v) is 17.7. The fourth-order valence-corrected chi connectivity index (χ4v) is 2.84. The molecule has 1 amide bonds. The van der Waals surface area contributed by atoms with E-state index in [1.807, 2.05) is 54.6 Å². The number of rotatable bonds is 6. The molecule has 0 bridgehead atoms. The molecule has 3 N–H and O–H groups in total. The van der Waals surface area contributed by atoms with Gasteiger partial charge in [-0.15, -0.1) is 5.10 Å². The molecule has 0 saturated carbocycles. The lowest BCUT2D eigenvalue weighted by Crippen LogP contribution is -2.43. The van der Waals surface area contributed by atoms with Crippen LogP contribution in [0.1, 0.15) is 36.6 Å². The molecule has 0 fully saturated rings. The van der Waals surface area contributed by atoms with Crippen LogP contribution in [0.5, 0.6) is 0 Å². The van der Waals surface area contributed by atoms with Crippen molar-refractivity contribution < 1.29 is 4.79 Å². The number of aromatic nitrogens is 3. The highest BCUT2D eigenvalue weighted by molar-refractivity contribution is 7.80. The first-order valence-electron chi connectivity index (χ1n) is 9.58. The Kier molecular flexibility index (Phi) is 7.29. The molecule has 0 aliphatic rings. The first-order chi connectivity index (χ1) is 14.5. The standard InChI is InChI=1S/C22H24N6OS/c1-16(2)18-8-10-19(11-9-18)23-22(30)26-25-21(29)13-12-20-15-28(27-24-20)14-17-6-4-3-5-7-17/h3-13,15-16H,14H2,1-2H3,(H,25,29)(H2,23,26,30)/b13-12+. The molecule has 0 atom stereocenters. The number of hydrogen-bond acceptors (Lipinski definition) is 4. The maximum Gasteiger partial charge on any atom is 0.262 e. The summed E-state index contributed by atoms with van der Waals surface area (Å²) >= 11 is 5.20. The Hall–Kier alpha value is -3.52. The Labute approximate surface area is 181 Å². The number of carbonyl (C=O) groups is 1. The Morgan fingerprint density at radius 2 is 1.83 bits per heavy atom. The van der Waals surface area contributed by atoms with Crippen LogP contribution in [0.25, 0.3) is 6.08 Å². The molecule has 0 spiro atoms. The zero-order chi connectivity index (χ0) is 21.3. The lowest BCUT2D eigenvalue weighted by atomic mass is 10.0. The van der Waals surface area contributed by atoms with Crippen molar-refractivity contribution in [3.05, 3.63) is 83.7 Å². The van der Waals surface area contributed by atoms with Gasteiger partial charge >= 0.3 is 0 Å². The van der Waals surface area contributed by atoms with Crippen LogP contribution in [0.4, 0.5) is 5.69 Å². The van der Waals surface area contributed by atoms with Gasteiger partial charge in [-0.3, -0.25) is 15.6 Å². The van der Waals surface area contributed by atoms with Gasteiger partial charge in [0.2, 0.25) is 0 Å². The number of carbonyl (C=O) groups excluding carboxylic acids is 1. The minimum absolute atomic E-state index is 0.294. The lowest BCUT2D eigenvalue weighted by Gasteiger charge is -2.11. The minimum Gasteiger partial charge on any atom is -0.331 e. The monoisotopic (exact) mass is 420 g/mol. The average Bonchev–Trinajstić information content (AvgIpc) is 3.19. The van der Waals surface area contributed by atoms with Crippen molar-refractivity contribution in [3.63, 3.8) is 0 Å². The molecule has 0 radical (unpaired) electrons. The normalized spacial score (nSPS) is 10.9. The molecule has 0 unspecified atom stereocenters. The quantitative estimate of drug-likeness (QED) is 0.322. The summed E-state index contributed by atoms with van der Waals surface area (Å²) in [6.07, 6.45) is 4.73. The van der Waals surface area contributed by atoms with Gasteiger partial charge in [0, 0.05) is 11.8 Å². The Bertz CT molecular complexity index is 1010. The number of nitrogens with zero attached hydrogens (tertiary/aromatic N) is 3. The van der Waals surface area contributed by atoms with Crippen molar-refractivity contribution in [1.82, 2.24) is 25.8 Å². The van der Waals surface area contributed by atoms with Gasteiger partial charge < -0.3 is 5.32 Å². The molecular formula is C22H24N6OS. The zero-order valence-electron chi connectivity index (χ0n) is 16.9. The third kappa shape index (κ3) is 6.52. The molecule has 8 heteroatoms. The van der Waals surface area contributed by atoms with Crippen LogP contribution in [-0.4, -0.2) is 26.0 Å². The molecule has 0 aliphatic carbocycles. The van der Waals surface area contributed by atoms with Crippen molar-refractivity contribution in [2.24, 2.45) is 0 Å². The van der Waals surface area contributed by atoms with E-state index >= 15 is 0 Å². The second-order valence-corrected chi connectivity index (χ2v) is 7.41. The first kappa shape index (κ1) is 21.2. The molecule has 154 valence electrons. The van der Waals surface area contributed by atoms with E-state index in [1.54, 1.807) is 17.0 Å². The Morgan fingerprint density at radius 3 is 2.53 bits per heavy atom. The van der Waals surface area contributed by atoms with E-state index in [0.717, 1.165) is 11.3 Å². The maximum absolute atomic E-state index is 12.0. The van der Waals surface area contributed by atoms with Crippen LogP contribution >= 0.6 is 12.2 Å². The van der Waals surface area contributed by atoms with Gasteiger partial charge in [0.1, 0.15) is 5.69 Å². The topological polar surface area (TPSA) is 83.9 Å². The lowest BCUT2D eigenvalue weighted by molar-refractivity contribution is -0.116. The summed E-state index contributed by atoms with van der Waals surface area (Å²) < 4.78 is 1.72. The number of anilines is 1. The van der Waals surface area contributed by atoms with Crippen molar-refractivity contribution >= 4 is 35.0 Å². The van der Waals surface area contributed by atoms with Gasteiger partial charge in [0.15, 0.2) is 5.11 Å². The van der Waals surface area contributed by atoms with E-state index in [-0.39, 0.29) is 5.91 Å². The SMILES string of the molecule is CC(C)c1ccc(NC(=S)NNC(=O)/C=C/c2cn(Cc3ccccc3)nn2)cc1. The second-order valence-electron chi connectivity index (χ2n) is 7.01. The molecule has 3 aromatic rings. The highest BCUT2D eigenvalue weighted by Crippen LogP contribution is 2.16. The van der Waals surface area contributed by atoms with Gasteiger partial charge in [-0.1, -0.05) is 61.5 Å². The third-order valence-electron chi connectivity index (χ3n) is 4.28. The number of amides is 1. The van der Waals surface area contributed by atoms with Crippen molar-refractivity contribution in [2.75, 3.05) is 5.32 Å². The van der Waals surface area contributed by atoms with Crippen LogP contribution in [-0.2, 0) is 11.3 Å². The van der Waals surface area contributed by atoms with Gasteiger partial charge in [0.05, 0.1) is 12.7 Å². The average molecular weight is 421 g/mol. The number of hydrazine groups is 1. The summed E-state index contributed by atoms with van der Waals surface area (Å²) in [6.45, 7) is 4.90. The fourth-order valence-electron chi connectivity index (χ4n) is 2.67. The minimum atomic E-state index is -0.355. The summed E-state index contributed by atoms with van der Waals surface area (Å²) in [5.41, 5.74) is 8.99. The van der Waals surface area contributed by atoms with E-state index in [0.29, 0.717) is 23.3 Å². The highest BCUT2D eigenvalue weighted by atomic mass is 32.1. The van der Waals surface area contributed by atoms with E-state index in [2.05, 4.69) is 40.3 Å². The largest absolute Gasteiger partial charge is 0.331 e. The molecule has 7 nitrogen and oxygen atoms in total. The molecule has 2 aromatic carbocycles. The van der Waals surface area contributed by atoms with Crippen LogP contribution < -0.4 is 16.2 Å². The van der Waals surface area contributed by atoms with Crippen molar-refractivity contribution in [1.29, 1.82) is 0 Å². The van der Waals surface area contributed by atoms with Crippen LogP contribution in [0.3, 0.4) is 0 Å². The Balaban J connectivity index is 1.44. The van der Waals surface area contributed by atoms with Crippen LogP contribution in [0, 0.1) is 0 Å². The van der Waals surface area contributed by atoms with Crippen LogP contribution in [0.15, 0.2) is 66.9 Å². The number of benzene rings is 2. The van der Waals surface area contributed by atoms with E-state index in [1.165, 1.54) is 11.6 Å². The van der Waals surface area contributed by atoms with Gasteiger partial charge in [-0.05, 0) is 47.5 Å². The van der Waals surface area contributed by atoms with Gasteiger partial charge in [-0.25, -0.2) is 4.68 Å². The molecular weight excluding hydrogens is 396 g/mol. The van der Waals surface area contributed by atoms with Crippen LogP contribution in [0.2, 0.25) is 0 Å². The van der Waals surface area contributed by atoms with Crippen molar-refractivity contribution in [3.8, 4) is 0 Å². The predicted octanol–water partition coefficient (Wildman–Crippen LogP) is 3.48. The summed E-state index contributed by atoms with van der Waals surface area (Å²) in [6, 6.07) is 17.9. The summed E-state index contributed by atoms with van der Waals surface area (Å²) in [4.78, 5) is 12.0. The number of hydrogen-bond donors (Lipinski definition) is 3. The summed E-state index contributed by atoms with van der Waals surface area (Å²) in [7, 11) is 0. The fraction of sp³-hybridized carbons (Fsp3) is 0.182. The molecule has 1 aromatic heterocycles. The second kappa shape index (κ2) is 10.3. The third-order valence-corrected chi connectivity index (χ3v) is 4.49. The molecule has 1 heterocycles. The molecule has 0 saturated heterocycles. The van der Waals surface area contributed by atoms with Gasteiger partial charge in [-0.2, -0.15) is 0 Å². The summed E-state index contributed by atoms with van der Waals surface area (Å²) in [5, 5.41) is 11.4. The maximum atomic E-state index is 12.0. The van der Waals surface area contributed by atoms with E-state index in [4.69, 9.17) is 12.2 Å². The molecule has 30 heavy (non-hydrogen) atoms. The first-order valence-corrected chi connectivity index (χ1v) is 9.99. The summed E-state index contributed by atoms with van der Waals surface area (Å²) in [5.74, 6) is 0.113. The van der Waals surface area contributed by atoms with E-state index in [9.17, 15) is 4.79 Å².